The Kier molecular flexibility index (Phi) is 3.43. The Labute approximate surface area is 109 Å². The molecule has 4 nitrogen and oxygen atoms in total. The SMILES string of the molecule is CCc1occc1-c1sc(C(=O)OC)c(N)c1C. The zero-order valence-electron chi connectivity index (χ0n) is 10.6. The molecule has 0 aliphatic carbocycles. The molecule has 0 aliphatic rings. The zero-order chi connectivity index (χ0) is 13.3. The lowest BCUT2D eigenvalue weighted by atomic mass is 10.1. The van der Waals surface area contributed by atoms with Crippen LogP contribution in [0, 0.1) is 6.92 Å². The molecular weight excluding hydrogens is 250 g/mol. The average Bonchev–Trinajstić information content (AvgIpc) is 2.95. The summed E-state index contributed by atoms with van der Waals surface area (Å²) in [5.74, 6) is 0.504. The molecule has 0 aromatic carbocycles. The molecule has 0 radical (unpaired) electrons. The summed E-state index contributed by atoms with van der Waals surface area (Å²) in [6, 6.07) is 1.90. The van der Waals surface area contributed by atoms with Crippen LogP contribution in [0.1, 0.15) is 27.9 Å². The van der Waals surface area contributed by atoms with E-state index in [0.29, 0.717) is 10.6 Å². The summed E-state index contributed by atoms with van der Waals surface area (Å²) in [5, 5.41) is 0. The van der Waals surface area contributed by atoms with Gasteiger partial charge < -0.3 is 14.9 Å². The molecule has 0 atom stereocenters. The Hall–Kier alpha value is -1.75. The summed E-state index contributed by atoms with van der Waals surface area (Å²) < 4.78 is 10.1. The maximum Gasteiger partial charge on any atom is 0.350 e. The average molecular weight is 265 g/mol. The van der Waals surface area contributed by atoms with Crippen molar-refractivity contribution in [2.75, 3.05) is 12.8 Å². The van der Waals surface area contributed by atoms with Crippen LogP contribution >= 0.6 is 11.3 Å². The number of nitrogen functional groups attached to an aromatic ring is 1. The lowest BCUT2D eigenvalue weighted by molar-refractivity contribution is 0.0607. The normalized spacial score (nSPS) is 10.6. The molecule has 5 heteroatoms. The summed E-state index contributed by atoms with van der Waals surface area (Å²) in [5.41, 5.74) is 8.35. The molecular formula is C13H15NO3S. The van der Waals surface area contributed by atoms with Crippen LogP contribution in [0.4, 0.5) is 5.69 Å². The Balaban J connectivity index is 2.56. The monoisotopic (exact) mass is 265 g/mol. The fourth-order valence-corrected chi connectivity index (χ4v) is 3.03. The van der Waals surface area contributed by atoms with Crippen molar-refractivity contribution < 1.29 is 13.9 Å². The molecule has 0 unspecified atom stereocenters. The highest BCUT2D eigenvalue weighted by Crippen LogP contribution is 2.40. The molecule has 96 valence electrons. The molecule has 2 N–H and O–H groups in total. The standard InChI is InChI=1S/C13H15NO3S/c1-4-9-8(5-6-17-9)11-7(2)10(14)12(18-11)13(15)16-3/h5-6H,4,14H2,1-3H3. The number of ether oxygens (including phenoxy) is 1. The number of nitrogens with two attached hydrogens (primary N) is 1. The van der Waals surface area contributed by atoms with Gasteiger partial charge in [0.1, 0.15) is 10.6 Å². The minimum absolute atomic E-state index is 0.395. The Bertz CT molecular complexity index is 583. The molecule has 2 heterocycles. The molecule has 18 heavy (non-hydrogen) atoms. The number of methoxy groups -OCH3 is 1. The highest BCUT2D eigenvalue weighted by atomic mass is 32.1. The number of furan rings is 1. The van der Waals surface area contributed by atoms with Gasteiger partial charge in [0, 0.05) is 16.9 Å². The van der Waals surface area contributed by atoms with E-state index < -0.39 is 5.97 Å². The first-order valence-electron chi connectivity index (χ1n) is 5.64. The predicted octanol–water partition coefficient (Wildman–Crippen LogP) is 3.25. The number of anilines is 1. The number of thiophene rings is 1. The van der Waals surface area contributed by atoms with Crippen molar-refractivity contribution in [3.05, 3.63) is 28.5 Å². The van der Waals surface area contributed by atoms with Crippen LogP contribution in [0.15, 0.2) is 16.7 Å². The van der Waals surface area contributed by atoms with E-state index in [1.54, 1.807) is 6.26 Å². The molecule has 2 aromatic heterocycles. The Morgan fingerprint density at radius 1 is 1.56 bits per heavy atom. The number of rotatable bonds is 3. The smallest absolute Gasteiger partial charge is 0.350 e. The Morgan fingerprint density at radius 2 is 2.28 bits per heavy atom. The van der Waals surface area contributed by atoms with Crippen molar-refractivity contribution in [2.45, 2.75) is 20.3 Å². The molecule has 2 rings (SSSR count). The third-order valence-corrected chi connectivity index (χ3v) is 4.20. The number of aryl methyl sites for hydroxylation is 1. The molecule has 0 saturated heterocycles. The van der Waals surface area contributed by atoms with Gasteiger partial charge in [-0.05, 0) is 18.6 Å². The summed E-state index contributed by atoms with van der Waals surface area (Å²) in [7, 11) is 1.35. The summed E-state index contributed by atoms with van der Waals surface area (Å²) in [6.07, 6.45) is 2.45. The Morgan fingerprint density at radius 3 is 2.89 bits per heavy atom. The van der Waals surface area contributed by atoms with Gasteiger partial charge in [-0.25, -0.2) is 4.79 Å². The van der Waals surface area contributed by atoms with E-state index in [-0.39, 0.29) is 0 Å². The van der Waals surface area contributed by atoms with Gasteiger partial charge in [0.15, 0.2) is 0 Å². The van der Waals surface area contributed by atoms with Crippen LogP contribution < -0.4 is 5.73 Å². The maximum atomic E-state index is 11.6. The van der Waals surface area contributed by atoms with Crippen LogP contribution in [0.5, 0.6) is 0 Å². The number of carbonyl (C=O) groups excluding carboxylic acids is 1. The molecule has 0 spiro atoms. The molecule has 2 aromatic rings. The van der Waals surface area contributed by atoms with Gasteiger partial charge in [0.05, 0.1) is 19.1 Å². The second-order valence-corrected chi connectivity index (χ2v) is 4.92. The lowest BCUT2D eigenvalue weighted by Gasteiger charge is -1.99. The number of carbonyl (C=O) groups is 1. The van der Waals surface area contributed by atoms with Crippen LogP contribution in [-0.2, 0) is 11.2 Å². The van der Waals surface area contributed by atoms with Crippen LogP contribution in [0.3, 0.4) is 0 Å². The molecule has 0 bridgehead atoms. The van der Waals surface area contributed by atoms with Crippen molar-refractivity contribution in [3.63, 3.8) is 0 Å². The fourth-order valence-electron chi connectivity index (χ4n) is 1.84. The zero-order valence-corrected chi connectivity index (χ0v) is 11.4. The second-order valence-electron chi connectivity index (χ2n) is 3.90. The lowest BCUT2D eigenvalue weighted by Crippen LogP contribution is -2.01. The van der Waals surface area contributed by atoms with Gasteiger partial charge in [-0.15, -0.1) is 11.3 Å². The molecule has 0 saturated carbocycles. The fraction of sp³-hybridized carbons (Fsp3) is 0.308. The van der Waals surface area contributed by atoms with Crippen molar-refractivity contribution in [1.29, 1.82) is 0 Å². The number of hydrogen-bond acceptors (Lipinski definition) is 5. The minimum atomic E-state index is -0.395. The summed E-state index contributed by atoms with van der Waals surface area (Å²) in [4.78, 5) is 13.0. The van der Waals surface area contributed by atoms with Crippen molar-refractivity contribution in [3.8, 4) is 10.4 Å². The largest absolute Gasteiger partial charge is 0.469 e. The minimum Gasteiger partial charge on any atom is -0.469 e. The highest BCUT2D eigenvalue weighted by molar-refractivity contribution is 7.18. The summed E-state index contributed by atoms with van der Waals surface area (Å²) >= 11 is 1.35. The van der Waals surface area contributed by atoms with Crippen molar-refractivity contribution in [1.82, 2.24) is 0 Å². The van der Waals surface area contributed by atoms with Crippen LogP contribution in [0.25, 0.3) is 10.4 Å². The topological polar surface area (TPSA) is 65.5 Å². The number of esters is 1. The molecule has 0 aliphatic heterocycles. The van der Waals surface area contributed by atoms with E-state index >= 15 is 0 Å². The van der Waals surface area contributed by atoms with Gasteiger partial charge in [-0.3, -0.25) is 0 Å². The van der Waals surface area contributed by atoms with E-state index in [0.717, 1.165) is 28.2 Å². The maximum absolute atomic E-state index is 11.6. The van der Waals surface area contributed by atoms with Crippen molar-refractivity contribution >= 4 is 23.0 Å². The van der Waals surface area contributed by atoms with Gasteiger partial charge in [0.2, 0.25) is 0 Å². The van der Waals surface area contributed by atoms with Crippen LogP contribution in [-0.4, -0.2) is 13.1 Å². The second kappa shape index (κ2) is 4.86. The molecule has 0 amide bonds. The highest BCUT2D eigenvalue weighted by Gasteiger charge is 2.21. The van der Waals surface area contributed by atoms with Crippen LogP contribution in [0.2, 0.25) is 0 Å². The first-order chi connectivity index (χ1) is 8.60. The van der Waals surface area contributed by atoms with Gasteiger partial charge in [-0.1, -0.05) is 6.92 Å². The van der Waals surface area contributed by atoms with E-state index in [4.69, 9.17) is 14.9 Å². The van der Waals surface area contributed by atoms with E-state index in [9.17, 15) is 4.79 Å². The van der Waals surface area contributed by atoms with Gasteiger partial charge >= 0.3 is 5.97 Å². The molecule has 0 fully saturated rings. The van der Waals surface area contributed by atoms with Crippen molar-refractivity contribution in [2.24, 2.45) is 0 Å². The quantitative estimate of drug-likeness (QED) is 0.865. The predicted molar refractivity (Wildman–Crippen MR) is 71.9 cm³/mol. The third-order valence-electron chi connectivity index (χ3n) is 2.88. The van der Waals surface area contributed by atoms with Gasteiger partial charge in [0.25, 0.3) is 0 Å². The number of hydrogen-bond donors (Lipinski definition) is 1. The van der Waals surface area contributed by atoms with E-state index in [1.807, 2.05) is 19.9 Å². The first kappa shape index (κ1) is 12.7. The van der Waals surface area contributed by atoms with Gasteiger partial charge in [-0.2, -0.15) is 0 Å². The third kappa shape index (κ3) is 1.90. The summed E-state index contributed by atoms with van der Waals surface area (Å²) in [6.45, 7) is 3.93. The first-order valence-corrected chi connectivity index (χ1v) is 6.45. The van der Waals surface area contributed by atoms with E-state index in [2.05, 4.69) is 0 Å². The van der Waals surface area contributed by atoms with E-state index in [1.165, 1.54) is 18.4 Å².